The fourth-order valence-electron chi connectivity index (χ4n) is 8.42. The molecule has 0 aliphatic heterocycles. The Labute approximate surface area is 302 Å². The van der Waals surface area contributed by atoms with Gasteiger partial charge in [0.05, 0.1) is 11.0 Å². The fraction of sp³-hybridized carbons (Fsp3) is 0.0612. The van der Waals surface area contributed by atoms with Crippen molar-refractivity contribution in [3.8, 4) is 27.9 Å². The lowest BCUT2D eigenvalue weighted by molar-refractivity contribution is 0.627. The lowest BCUT2D eigenvalue weighted by Gasteiger charge is -2.28. The molecular formula is C49H35FN2. The first-order valence-electron chi connectivity index (χ1n) is 17.9. The number of aromatic nitrogens is 1. The minimum atomic E-state index is -0.236. The van der Waals surface area contributed by atoms with Crippen LogP contribution in [0.3, 0.4) is 0 Å². The zero-order chi connectivity index (χ0) is 35.0. The topological polar surface area (TPSA) is 8.17 Å². The van der Waals surface area contributed by atoms with E-state index in [0.29, 0.717) is 0 Å². The molecule has 8 aromatic carbocycles. The molecule has 1 heterocycles. The van der Waals surface area contributed by atoms with Gasteiger partial charge < -0.3 is 9.47 Å². The van der Waals surface area contributed by atoms with E-state index in [9.17, 15) is 4.39 Å². The number of anilines is 3. The van der Waals surface area contributed by atoms with Crippen molar-refractivity contribution in [3.05, 3.63) is 193 Å². The maximum Gasteiger partial charge on any atom is 0.123 e. The van der Waals surface area contributed by atoms with Gasteiger partial charge in [0.15, 0.2) is 0 Å². The predicted octanol–water partition coefficient (Wildman–Crippen LogP) is 13.5. The van der Waals surface area contributed by atoms with Crippen LogP contribution in [-0.2, 0) is 5.41 Å². The summed E-state index contributed by atoms with van der Waals surface area (Å²) in [7, 11) is 0. The number of hydrogen-bond acceptors (Lipinski definition) is 1. The monoisotopic (exact) mass is 670 g/mol. The number of fused-ring (bicyclic) bond motifs is 7. The standard InChI is InChI=1S/C49H35FN2/c1-49(2)45-13-7-5-11-41(45)42-27-26-40(31-46(42)49)51(39-23-17-32-9-3-4-10-34(32)29-39)37-21-15-33(16-22-37)35-18-28-48-44(30-35)43-12-6-8-14-47(43)52(48)38-24-19-36(50)20-25-38/h3-31H,1-2H3. The number of benzene rings is 8. The van der Waals surface area contributed by atoms with Crippen LogP contribution >= 0.6 is 0 Å². The van der Waals surface area contributed by atoms with Crippen LogP contribution in [0, 0.1) is 5.82 Å². The van der Waals surface area contributed by atoms with Crippen LogP contribution in [0.4, 0.5) is 21.5 Å². The van der Waals surface area contributed by atoms with Crippen molar-refractivity contribution < 1.29 is 4.39 Å². The molecule has 0 unspecified atom stereocenters. The number of hydrogen-bond donors (Lipinski definition) is 0. The van der Waals surface area contributed by atoms with Crippen LogP contribution in [0.5, 0.6) is 0 Å². The summed E-state index contributed by atoms with van der Waals surface area (Å²) in [6, 6.07) is 61.9. The number of nitrogens with zero attached hydrogens (tertiary/aromatic N) is 2. The molecule has 10 rings (SSSR count). The third-order valence-electron chi connectivity index (χ3n) is 11.0. The van der Waals surface area contributed by atoms with Crippen LogP contribution in [0.2, 0.25) is 0 Å². The Hall–Kier alpha value is -6.45. The van der Waals surface area contributed by atoms with Gasteiger partial charge in [-0.1, -0.05) is 111 Å². The van der Waals surface area contributed by atoms with E-state index < -0.39 is 0 Å². The van der Waals surface area contributed by atoms with E-state index in [2.05, 4.69) is 175 Å². The summed E-state index contributed by atoms with van der Waals surface area (Å²) in [6.45, 7) is 4.68. The van der Waals surface area contributed by atoms with Gasteiger partial charge in [-0.3, -0.25) is 0 Å². The third kappa shape index (κ3) is 4.70. The Morgan fingerprint density at radius 2 is 1.10 bits per heavy atom. The predicted molar refractivity (Wildman–Crippen MR) is 216 cm³/mol. The maximum absolute atomic E-state index is 13.9. The summed E-state index contributed by atoms with van der Waals surface area (Å²) in [5.74, 6) is -0.236. The molecule has 0 saturated carbocycles. The molecule has 248 valence electrons. The van der Waals surface area contributed by atoms with E-state index in [1.165, 1.54) is 55.9 Å². The molecule has 52 heavy (non-hydrogen) atoms. The lowest BCUT2D eigenvalue weighted by Crippen LogP contribution is -2.16. The summed E-state index contributed by atoms with van der Waals surface area (Å²) in [5, 5.41) is 4.78. The van der Waals surface area contributed by atoms with E-state index in [0.717, 1.165) is 44.9 Å². The summed E-state index contributed by atoms with van der Waals surface area (Å²) in [4.78, 5) is 2.38. The summed E-state index contributed by atoms with van der Waals surface area (Å²) in [5.41, 5.74) is 14.1. The SMILES string of the molecule is CC1(C)c2ccccc2-c2ccc(N(c3ccc(-c4ccc5c(c4)c4ccccc4n5-c4ccc(F)cc4)cc3)c3ccc4ccccc4c3)cc21. The van der Waals surface area contributed by atoms with Gasteiger partial charge in [0.1, 0.15) is 5.82 Å². The molecule has 0 saturated heterocycles. The Morgan fingerprint density at radius 1 is 0.462 bits per heavy atom. The van der Waals surface area contributed by atoms with Crippen molar-refractivity contribution in [2.24, 2.45) is 0 Å². The Kier molecular flexibility index (Phi) is 6.74. The van der Waals surface area contributed by atoms with E-state index in [1.807, 2.05) is 12.1 Å². The zero-order valence-corrected chi connectivity index (χ0v) is 29.0. The Balaban J connectivity index is 1.08. The van der Waals surface area contributed by atoms with Crippen molar-refractivity contribution in [2.45, 2.75) is 19.3 Å². The molecule has 2 nitrogen and oxygen atoms in total. The molecule has 0 radical (unpaired) electrons. The van der Waals surface area contributed by atoms with E-state index in [1.54, 1.807) is 0 Å². The second kappa shape index (κ2) is 11.5. The quantitative estimate of drug-likeness (QED) is 0.177. The van der Waals surface area contributed by atoms with Gasteiger partial charge in [0.25, 0.3) is 0 Å². The number of rotatable bonds is 5. The zero-order valence-electron chi connectivity index (χ0n) is 29.0. The molecule has 0 fully saturated rings. The third-order valence-corrected chi connectivity index (χ3v) is 11.0. The molecule has 0 atom stereocenters. The average molecular weight is 671 g/mol. The largest absolute Gasteiger partial charge is 0.310 e. The van der Waals surface area contributed by atoms with Gasteiger partial charge in [-0.15, -0.1) is 0 Å². The first-order chi connectivity index (χ1) is 25.4. The maximum atomic E-state index is 13.9. The normalized spacial score (nSPS) is 13.1. The highest BCUT2D eigenvalue weighted by atomic mass is 19.1. The summed E-state index contributed by atoms with van der Waals surface area (Å²) in [6.07, 6.45) is 0. The summed E-state index contributed by atoms with van der Waals surface area (Å²) >= 11 is 0. The highest BCUT2D eigenvalue weighted by molar-refractivity contribution is 6.10. The second-order valence-corrected chi connectivity index (χ2v) is 14.4. The van der Waals surface area contributed by atoms with Crippen molar-refractivity contribution in [2.75, 3.05) is 4.90 Å². The molecule has 9 aromatic rings. The molecule has 0 N–H and O–H groups in total. The van der Waals surface area contributed by atoms with E-state index in [-0.39, 0.29) is 11.2 Å². The van der Waals surface area contributed by atoms with Crippen molar-refractivity contribution in [3.63, 3.8) is 0 Å². The van der Waals surface area contributed by atoms with Gasteiger partial charge in [-0.2, -0.15) is 0 Å². The van der Waals surface area contributed by atoms with Crippen LogP contribution < -0.4 is 4.90 Å². The van der Waals surface area contributed by atoms with Gasteiger partial charge in [0.2, 0.25) is 0 Å². The highest BCUT2D eigenvalue weighted by Gasteiger charge is 2.35. The molecular weight excluding hydrogens is 636 g/mol. The van der Waals surface area contributed by atoms with Crippen LogP contribution in [0.25, 0.3) is 60.5 Å². The molecule has 0 bridgehead atoms. The minimum Gasteiger partial charge on any atom is -0.310 e. The summed E-state index contributed by atoms with van der Waals surface area (Å²) < 4.78 is 16.1. The lowest BCUT2D eigenvalue weighted by atomic mass is 9.82. The molecule has 1 aliphatic carbocycles. The van der Waals surface area contributed by atoms with Crippen molar-refractivity contribution in [1.29, 1.82) is 0 Å². The smallest absolute Gasteiger partial charge is 0.123 e. The molecule has 3 heteroatoms. The Bertz CT molecular complexity index is 2820. The van der Waals surface area contributed by atoms with Gasteiger partial charge in [0, 0.05) is 38.9 Å². The fourth-order valence-corrected chi connectivity index (χ4v) is 8.42. The van der Waals surface area contributed by atoms with Gasteiger partial charge in [-0.25, -0.2) is 4.39 Å². The van der Waals surface area contributed by atoms with Gasteiger partial charge >= 0.3 is 0 Å². The van der Waals surface area contributed by atoms with Crippen LogP contribution in [0.15, 0.2) is 176 Å². The van der Waals surface area contributed by atoms with E-state index in [4.69, 9.17) is 0 Å². The van der Waals surface area contributed by atoms with Gasteiger partial charge in [-0.05, 0) is 123 Å². The first-order valence-corrected chi connectivity index (χ1v) is 17.9. The highest BCUT2D eigenvalue weighted by Crippen LogP contribution is 2.50. The molecule has 1 aliphatic rings. The van der Waals surface area contributed by atoms with Crippen molar-refractivity contribution in [1.82, 2.24) is 4.57 Å². The Morgan fingerprint density at radius 3 is 1.94 bits per heavy atom. The first kappa shape index (κ1) is 30.4. The van der Waals surface area contributed by atoms with Crippen LogP contribution in [-0.4, -0.2) is 4.57 Å². The molecule has 1 aromatic heterocycles. The number of para-hydroxylation sites is 1. The van der Waals surface area contributed by atoms with Crippen LogP contribution in [0.1, 0.15) is 25.0 Å². The van der Waals surface area contributed by atoms with Crippen molar-refractivity contribution >= 4 is 49.6 Å². The second-order valence-electron chi connectivity index (χ2n) is 14.4. The minimum absolute atomic E-state index is 0.0979. The van der Waals surface area contributed by atoms with E-state index >= 15 is 0 Å². The molecule has 0 amide bonds. The molecule has 0 spiro atoms. The average Bonchev–Trinajstić information content (AvgIpc) is 3.63. The number of halogens is 1.